The van der Waals surface area contributed by atoms with E-state index in [4.69, 9.17) is 5.73 Å². The van der Waals surface area contributed by atoms with Crippen molar-refractivity contribution in [3.8, 4) is 0 Å². The Labute approximate surface area is 122 Å². The molecule has 19 heavy (non-hydrogen) atoms. The minimum atomic E-state index is -0.332. The van der Waals surface area contributed by atoms with Crippen molar-refractivity contribution >= 4 is 27.6 Å². The molecule has 1 aromatic rings. The first-order valence-corrected chi connectivity index (χ1v) is 7.11. The smallest absolute Gasteiger partial charge is 0.231 e. The summed E-state index contributed by atoms with van der Waals surface area (Å²) in [5, 5.41) is 0. The van der Waals surface area contributed by atoms with Crippen LogP contribution < -0.4 is 5.73 Å². The molecule has 1 rings (SSSR count). The SMILES string of the molecule is CCN(CCCC(=O)c1ccc(Br)cc1)CC(N)=O. The molecular formula is C14H19BrN2O2. The number of hydrogen-bond acceptors (Lipinski definition) is 3. The van der Waals surface area contributed by atoms with Gasteiger partial charge in [0.2, 0.25) is 5.91 Å². The normalized spacial score (nSPS) is 10.7. The number of amides is 1. The number of benzene rings is 1. The molecule has 0 aromatic heterocycles. The molecule has 0 atom stereocenters. The number of likely N-dealkylation sites (N-methyl/N-ethyl adjacent to an activating group) is 1. The molecule has 104 valence electrons. The fourth-order valence-corrected chi connectivity index (χ4v) is 2.08. The van der Waals surface area contributed by atoms with E-state index in [9.17, 15) is 9.59 Å². The molecule has 0 saturated heterocycles. The Kier molecular flexibility index (Phi) is 6.73. The van der Waals surface area contributed by atoms with E-state index in [-0.39, 0.29) is 18.2 Å². The molecule has 0 unspecified atom stereocenters. The predicted molar refractivity (Wildman–Crippen MR) is 79.0 cm³/mol. The van der Waals surface area contributed by atoms with Gasteiger partial charge in [0.15, 0.2) is 5.78 Å². The lowest BCUT2D eigenvalue weighted by molar-refractivity contribution is -0.119. The molecule has 0 aliphatic heterocycles. The molecule has 1 aromatic carbocycles. The molecular weight excluding hydrogens is 308 g/mol. The van der Waals surface area contributed by atoms with Crippen molar-refractivity contribution in [3.63, 3.8) is 0 Å². The van der Waals surface area contributed by atoms with Crippen molar-refractivity contribution in [1.29, 1.82) is 0 Å². The molecule has 1 amide bonds. The van der Waals surface area contributed by atoms with E-state index in [0.717, 1.165) is 23.0 Å². The van der Waals surface area contributed by atoms with Crippen molar-refractivity contribution in [2.24, 2.45) is 5.73 Å². The molecule has 0 radical (unpaired) electrons. The van der Waals surface area contributed by atoms with E-state index in [2.05, 4.69) is 15.9 Å². The van der Waals surface area contributed by atoms with E-state index in [1.165, 1.54) is 0 Å². The van der Waals surface area contributed by atoms with E-state index in [1.807, 2.05) is 36.1 Å². The number of halogens is 1. The number of nitrogens with two attached hydrogens (primary N) is 1. The molecule has 4 nitrogen and oxygen atoms in total. The van der Waals surface area contributed by atoms with Crippen LogP contribution in [0.25, 0.3) is 0 Å². The number of ketones is 1. The van der Waals surface area contributed by atoms with Crippen LogP contribution in [0, 0.1) is 0 Å². The summed E-state index contributed by atoms with van der Waals surface area (Å²) < 4.78 is 0.961. The quantitative estimate of drug-likeness (QED) is 0.745. The monoisotopic (exact) mass is 326 g/mol. The maximum absolute atomic E-state index is 11.9. The molecule has 0 spiro atoms. The van der Waals surface area contributed by atoms with Crippen molar-refractivity contribution < 1.29 is 9.59 Å². The minimum Gasteiger partial charge on any atom is -0.369 e. The number of nitrogens with zero attached hydrogens (tertiary/aromatic N) is 1. The summed E-state index contributed by atoms with van der Waals surface area (Å²) >= 11 is 3.34. The second-order valence-corrected chi connectivity index (χ2v) is 5.28. The summed E-state index contributed by atoms with van der Waals surface area (Å²) in [6, 6.07) is 7.35. The van der Waals surface area contributed by atoms with Gasteiger partial charge in [0, 0.05) is 16.5 Å². The topological polar surface area (TPSA) is 63.4 Å². The third kappa shape index (κ3) is 5.98. The fourth-order valence-electron chi connectivity index (χ4n) is 1.81. The number of carbonyl (C=O) groups is 2. The third-order valence-electron chi connectivity index (χ3n) is 2.87. The highest BCUT2D eigenvalue weighted by molar-refractivity contribution is 9.10. The van der Waals surface area contributed by atoms with Crippen molar-refractivity contribution in [2.45, 2.75) is 19.8 Å². The average molecular weight is 327 g/mol. The van der Waals surface area contributed by atoms with Crippen LogP contribution in [-0.4, -0.2) is 36.2 Å². The van der Waals surface area contributed by atoms with Gasteiger partial charge in [-0.15, -0.1) is 0 Å². The summed E-state index contributed by atoms with van der Waals surface area (Å²) in [4.78, 5) is 24.7. The molecule has 2 N–H and O–H groups in total. The summed E-state index contributed by atoms with van der Waals surface area (Å²) in [6.07, 6.45) is 1.22. The average Bonchev–Trinajstić information content (AvgIpc) is 2.37. The lowest BCUT2D eigenvalue weighted by atomic mass is 10.1. The van der Waals surface area contributed by atoms with Crippen LogP contribution in [0.5, 0.6) is 0 Å². The van der Waals surface area contributed by atoms with Crippen LogP contribution in [0.15, 0.2) is 28.7 Å². The first-order chi connectivity index (χ1) is 9.02. The third-order valence-corrected chi connectivity index (χ3v) is 3.40. The maximum atomic E-state index is 11.9. The molecule has 0 aliphatic carbocycles. The number of rotatable bonds is 8. The predicted octanol–water partition coefficient (Wildman–Crippen LogP) is 2.22. The van der Waals surface area contributed by atoms with Crippen LogP contribution in [0.3, 0.4) is 0 Å². The van der Waals surface area contributed by atoms with Gasteiger partial charge in [0.1, 0.15) is 0 Å². The number of primary amides is 1. The maximum Gasteiger partial charge on any atom is 0.231 e. The van der Waals surface area contributed by atoms with Crippen molar-refractivity contribution in [2.75, 3.05) is 19.6 Å². The zero-order chi connectivity index (χ0) is 14.3. The lowest BCUT2D eigenvalue weighted by Crippen LogP contribution is -2.34. The van der Waals surface area contributed by atoms with Crippen LogP contribution in [0.4, 0.5) is 0 Å². The Morgan fingerprint density at radius 3 is 2.42 bits per heavy atom. The van der Waals surface area contributed by atoms with Crippen LogP contribution in [0.2, 0.25) is 0 Å². The second kappa shape index (κ2) is 8.07. The van der Waals surface area contributed by atoms with Gasteiger partial charge >= 0.3 is 0 Å². The van der Waals surface area contributed by atoms with E-state index in [1.54, 1.807) is 0 Å². The Bertz CT molecular complexity index is 432. The molecule has 0 saturated carbocycles. The second-order valence-electron chi connectivity index (χ2n) is 4.37. The van der Waals surface area contributed by atoms with Gasteiger partial charge < -0.3 is 5.73 Å². The zero-order valence-corrected chi connectivity index (χ0v) is 12.6. The zero-order valence-electron chi connectivity index (χ0n) is 11.1. The van der Waals surface area contributed by atoms with Gasteiger partial charge in [0.25, 0.3) is 0 Å². The summed E-state index contributed by atoms with van der Waals surface area (Å²) in [7, 11) is 0. The molecule has 0 bridgehead atoms. The lowest BCUT2D eigenvalue weighted by Gasteiger charge is -2.17. The van der Waals surface area contributed by atoms with E-state index >= 15 is 0 Å². The number of carbonyl (C=O) groups excluding carboxylic acids is 2. The minimum absolute atomic E-state index is 0.127. The van der Waals surface area contributed by atoms with E-state index < -0.39 is 0 Å². The summed E-state index contributed by atoms with van der Waals surface area (Å²) in [5.74, 6) is -0.205. The Hall–Kier alpha value is -1.20. The summed E-state index contributed by atoms with van der Waals surface area (Å²) in [5.41, 5.74) is 5.88. The van der Waals surface area contributed by atoms with Gasteiger partial charge in [0.05, 0.1) is 6.54 Å². The van der Waals surface area contributed by atoms with Gasteiger partial charge in [-0.3, -0.25) is 14.5 Å². The molecule has 5 heteroatoms. The first-order valence-electron chi connectivity index (χ1n) is 6.32. The van der Waals surface area contributed by atoms with Crippen molar-refractivity contribution in [1.82, 2.24) is 4.90 Å². The largest absolute Gasteiger partial charge is 0.369 e. The number of hydrogen-bond donors (Lipinski definition) is 1. The van der Waals surface area contributed by atoms with Crippen LogP contribution in [0.1, 0.15) is 30.1 Å². The Morgan fingerprint density at radius 2 is 1.89 bits per heavy atom. The first kappa shape index (κ1) is 15.9. The van der Waals surface area contributed by atoms with Crippen LogP contribution in [-0.2, 0) is 4.79 Å². The van der Waals surface area contributed by atoms with Gasteiger partial charge in [-0.05, 0) is 31.6 Å². The number of Topliss-reactive ketones (excluding diaryl/α,β-unsaturated/α-hetero) is 1. The van der Waals surface area contributed by atoms with Crippen LogP contribution >= 0.6 is 15.9 Å². The molecule has 0 aliphatic rings. The molecule has 0 fully saturated rings. The highest BCUT2D eigenvalue weighted by Gasteiger charge is 2.09. The summed E-state index contributed by atoms with van der Waals surface area (Å²) in [6.45, 7) is 3.69. The van der Waals surface area contributed by atoms with Crippen molar-refractivity contribution in [3.05, 3.63) is 34.3 Å². The Balaban J connectivity index is 2.37. The highest BCUT2D eigenvalue weighted by Crippen LogP contribution is 2.12. The van der Waals surface area contributed by atoms with Gasteiger partial charge in [-0.2, -0.15) is 0 Å². The Morgan fingerprint density at radius 1 is 1.26 bits per heavy atom. The van der Waals surface area contributed by atoms with E-state index in [0.29, 0.717) is 13.0 Å². The fraction of sp³-hybridized carbons (Fsp3) is 0.429. The molecule has 0 heterocycles. The van der Waals surface area contributed by atoms with Gasteiger partial charge in [-0.1, -0.05) is 35.0 Å². The van der Waals surface area contributed by atoms with Gasteiger partial charge in [-0.25, -0.2) is 0 Å². The standard InChI is InChI=1S/C14H19BrN2O2/c1-2-17(10-14(16)19)9-3-4-13(18)11-5-7-12(15)8-6-11/h5-8H,2-4,9-10H2,1H3,(H2,16,19). The highest BCUT2D eigenvalue weighted by atomic mass is 79.9.